The first-order valence-corrected chi connectivity index (χ1v) is 9.57. The molecular weight excluding hydrogens is 529 g/mol. The van der Waals surface area contributed by atoms with Crippen LogP contribution in [0.1, 0.15) is 29.2 Å². The van der Waals surface area contributed by atoms with Crippen molar-refractivity contribution in [1.29, 1.82) is 0 Å². The molecule has 0 saturated heterocycles. The van der Waals surface area contributed by atoms with Gasteiger partial charge in [0.2, 0.25) is 0 Å². The van der Waals surface area contributed by atoms with Gasteiger partial charge in [-0.2, -0.15) is 13.2 Å². The van der Waals surface area contributed by atoms with Gasteiger partial charge in [0, 0.05) is 18.7 Å². The van der Waals surface area contributed by atoms with E-state index in [0.29, 0.717) is 49.0 Å². The molecule has 2 aromatic rings. The highest BCUT2D eigenvalue weighted by Crippen LogP contribution is 2.30. The van der Waals surface area contributed by atoms with Crippen LogP contribution >= 0.6 is 24.0 Å². The SMILES string of the molecule is CCNC(=NCc1ccc(C(F)(F)F)cc1)NCCc1cc(F)cc2c1OCOC2.I. The molecule has 0 fully saturated rings. The highest BCUT2D eigenvalue weighted by Gasteiger charge is 2.29. The Morgan fingerprint density at radius 2 is 1.87 bits per heavy atom. The number of alkyl halides is 3. The molecular formula is C21H24F4IN3O2. The molecule has 10 heteroatoms. The van der Waals surface area contributed by atoms with Crippen LogP contribution in [0.5, 0.6) is 5.75 Å². The lowest BCUT2D eigenvalue weighted by atomic mass is 10.1. The van der Waals surface area contributed by atoms with E-state index in [1.807, 2.05) is 6.92 Å². The maximum atomic E-state index is 13.8. The van der Waals surface area contributed by atoms with Gasteiger partial charge >= 0.3 is 6.18 Å². The fraction of sp³-hybridized carbons (Fsp3) is 0.381. The van der Waals surface area contributed by atoms with E-state index in [0.717, 1.165) is 17.7 Å². The summed E-state index contributed by atoms with van der Waals surface area (Å²) in [5.41, 5.74) is 1.39. The lowest BCUT2D eigenvalue weighted by molar-refractivity contribution is -0.137. The molecule has 0 aliphatic carbocycles. The Labute approximate surface area is 195 Å². The average molecular weight is 553 g/mol. The van der Waals surface area contributed by atoms with Gasteiger partial charge in [0.1, 0.15) is 11.6 Å². The number of ether oxygens (including phenoxy) is 2. The predicted octanol–water partition coefficient (Wildman–Crippen LogP) is 4.63. The maximum absolute atomic E-state index is 13.8. The monoisotopic (exact) mass is 553 g/mol. The summed E-state index contributed by atoms with van der Waals surface area (Å²) in [4.78, 5) is 4.40. The van der Waals surface area contributed by atoms with Gasteiger partial charge in [0.15, 0.2) is 12.8 Å². The first-order chi connectivity index (χ1) is 14.4. The molecule has 1 aliphatic heterocycles. The first-order valence-electron chi connectivity index (χ1n) is 9.57. The van der Waals surface area contributed by atoms with Crippen molar-refractivity contribution in [2.24, 2.45) is 4.99 Å². The van der Waals surface area contributed by atoms with Crippen LogP contribution in [0.4, 0.5) is 17.6 Å². The van der Waals surface area contributed by atoms with E-state index in [4.69, 9.17) is 9.47 Å². The average Bonchev–Trinajstić information content (AvgIpc) is 2.71. The van der Waals surface area contributed by atoms with Gasteiger partial charge in [-0.25, -0.2) is 9.38 Å². The number of hydrogen-bond donors (Lipinski definition) is 2. The number of guanidine groups is 1. The zero-order valence-electron chi connectivity index (χ0n) is 16.9. The number of benzene rings is 2. The zero-order valence-corrected chi connectivity index (χ0v) is 19.2. The van der Waals surface area contributed by atoms with Gasteiger partial charge in [0.05, 0.1) is 18.7 Å². The van der Waals surface area contributed by atoms with E-state index in [1.54, 1.807) is 0 Å². The van der Waals surface area contributed by atoms with Crippen LogP contribution < -0.4 is 15.4 Å². The number of rotatable bonds is 6. The fourth-order valence-electron chi connectivity index (χ4n) is 3.07. The molecule has 0 radical (unpaired) electrons. The largest absolute Gasteiger partial charge is 0.467 e. The Morgan fingerprint density at radius 3 is 2.55 bits per heavy atom. The molecule has 5 nitrogen and oxygen atoms in total. The number of fused-ring (bicyclic) bond motifs is 1. The van der Waals surface area contributed by atoms with Gasteiger partial charge in [-0.15, -0.1) is 24.0 Å². The van der Waals surface area contributed by atoms with Crippen molar-refractivity contribution in [3.8, 4) is 5.75 Å². The summed E-state index contributed by atoms with van der Waals surface area (Å²) in [6.45, 7) is 3.67. The van der Waals surface area contributed by atoms with Crippen molar-refractivity contribution in [2.45, 2.75) is 32.7 Å². The van der Waals surface area contributed by atoms with Crippen molar-refractivity contribution in [3.05, 3.63) is 64.5 Å². The van der Waals surface area contributed by atoms with Gasteiger partial charge in [-0.3, -0.25) is 0 Å². The lowest BCUT2D eigenvalue weighted by Gasteiger charge is -2.21. The molecule has 31 heavy (non-hydrogen) atoms. The van der Waals surface area contributed by atoms with Crippen molar-refractivity contribution in [1.82, 2.24) is 10.6 Å². The molecule has 0 saturated carbocycles. The second kappa shape index (κ2) is 11.5. The molecule has 0 spiro atoms. The van der Waals surface area contributed by atoms with Crippen LogP contribution in [0.2, 0.25) is 0 Å². The fourth-order valence-corrected chi connectivity index (χ4v) is 3.07. The lowest BCUT2D eigenvalue weighted by Crippen LogP contribution is -2.38. The quantitative estimate of drug-likeness (QED) is 0.237. The van der Waals surface area contributed by atoms with E-state index in [1.165, 1.54) is 24.3 Å². The molecule has 0 aromatic heterocycles. The third-order valence-electron chi connectivity index (χ3n) is 4.48. The summed E-state index contributed by atoms with van der Waals surface area (Å²) < 4.78 is 62.5. The van der Waals surface area contributed by atoms with E-state index < -0.39 is 11.7 Å². The van der Waals surface area contributed by atoms with Gasteiger partial charge in [-0.05, 0) is 48.7 Å². The number of hydrogen-bond acceptors (Lipinski definition) is 3. The van der Waals surface area contributed by atoms with Crippen molar-refractivity contribution in [2.75, 3.05) is 19.9 Å². The topological polar surface area (TPSA) is 54.9 Å². The standard InChI is InChI=1S/C21H23F4N3O2.HI/c1-2-26-20(28-11-14-3-5-17(6-4-14)21(23,24)25)27-8-7-15-9-18(22)10-16-12-29-13-30-19(15)16;/h3-6,9-10H,2,7-8,11-13H2,1H3,(H2,26,27,28);1H. The van der Waals surface area contributed by atoms with Gasteiger partial charge in [-0.1, -0.05) is 12.1 Å². The van der Waals surface area contributed by atoms with E-state index >= 15 is 0 Å². The second-order valence-electron chi connectivity index (χ2n) is 6.73. The molecule has 3 rings (SSSR count). The van der Waals surface area contributed by atoms with E-state index in [9.17, 15) is 17.6 Å². The Bertz CT molecular complexity index is 889. The molecule has 170 valence electrons. The second-order valence-corrected chi connectivity index (χ2v) is 6.73. The van der Waals surface area contributed by atoms with Crippen molar-refractivity contribution >= 4 is 29.9 Å². The number of nitrogens with one attached hydrogen (secondary N) is 2. The molecule has 0 amide bonds. The van der Waals surface area contributed by atoms with E-state index in [2.05, 4.69) is 15.6 Å². The predicted molar refractivity (Wildman–Crippen MR) is 120 cm³/mol. The minimum absolute atomic E-state index is 0. The maximum Gasteiger partial charge on any atom is 0.416 e. The molecule has 0 unspecified atom stereocenters. The van der Waals surface area contributed by atoms with Crippen molar-refractivity contribution < 1.29 is 27.0 Å². The van der Waals surface area contributed by atoms with Crippen LogP contribution in [0.25, 0.3) is 0 Å². The van der Waals surface area contributed by atoms with Gasteiger partial charge in [0.25, 0.3) is 0 Å². The Hall–Kier alpha value is -2.08. The zero-order chi connectivity index (χ0) is 21.6. The smallest absolute Gasteiger partial charge is 0.416 e. The normalized spacial score (nSPS) is 13.6. The third kappa shape index (κ3) is 7.23. The number of aliphatic imine (C=N–C) groups is 1. The summed E-state index contributed by atoms with van der Waals surface area (Å²) >= 11 is 0. The van der Waals surface area contributed by atoms with Crippen LogP contribution in [0, 0.1) is 5.82 Å². The summed E-state index contributed by atoms with van der Waals surface area (Å²) in [5.74, 6) is 0.823. The Balaban J connectivity index is 0.00000341. The number of halogens is 5. The summed E-state index contributed by atoms with van der Waals surface area (Å²) in [5, 5.41) is 6.23. The molecule has 2 aromatic carbocycles. The highest BCUT2D eigenvalue weighted by atomic mass is 127. The Kier molecular flexibility index (Phi) is 9.35. The third-order valence-corrected chi connectivity index (χ3v) is 4.48. The van der Waals surface area contributed by atoms with E-state index in [-0.39, 0.29) is 43.1 Å². The Morgan fingerprint density at radius 1 is 1.13 bits per heavy atom. The molecule has 1 heterocycles. The molecule has 0 bridgehead atoms. The summed E-state index contributed by atoms with van der Waals surface area (Å²) in [6.07, 6.45) is -3.85. The first kappa shape index (κ1) is 25.2. The highest BCUT2D eigenvalue weighted by molar-refractivity contribution is 14.0. The van der Waals surface area contributed by atoms with Crippen LogP contribution in [-0.4, -0.2) is 25.8 Å². The van der Waals surface area contributed by atoms with Crippen LogP contribution in [0.3, 0.4) is 0 Å². The summed E-state index contributed by atoms with van der Waals surface area (Å²) in [6, 6.07) is 7.76. The van der Waals surface area contributed by atoms with Crippen molar-refractivity contribution in [3.63, 3.8) is 0 Å². The molecule has 1 aliphatic rings. The van der Waals surface area contributed by atoms with Crippen LogP contribution in [0.15, 0.2) is 41.4 Å². The summed E-state index contributed by atoms with van der Waals surface area (Å²) in [7, 11) is 0. The molecule has 2 N–H and O–H groups in total. The van der Waals surface area contributed by atoms with Gasteiger partial charge < -0.3 is 20.1 Å². The van der Waals surface area contributed by atoms with Crippen LogP contribution in [-0.2, 0) is 30.5 Å². The minimum Gasteiger partial charge on any atom is -0.467 e. The molecule has 0 atom stereocenters. The minimum atomic E-state index is -4.36. The number of nitrogens with zero attached hydrogens (tertiary/aromatic N) is 1.